The molecule has 3 heterocycles. The number of carbonyl (C=O) groups excluding carboxylic acids is 3. The van der Waals surface area contributed by atoms with Crippen LogP contribution in [0.15, 0.2) is 0 Å². The monoisotopic (exact) mass is 536 g/mol. The minimum atomic E-state index is -0.510. The first-order valence-corrected chi connectivity index (χ1v) is 14.9. The summed E-state index contributed by atoms with van der Waals surface area (Å²) in [7, 11) is 0. The Morgan fingerprint density at radius 3 is 2.16 bits per heavy atom. The van der Waals surface area contributed by atoms with E-state index in [0.717, 1.165) is 19.3 Å². The van der Waals surface area contributed by atoms with E-state index in [1.54, 1.807) is 0 Å². The van der Waals surface area contributed by atoms with Crippen LogP contribution >= 0.6 is 0 Å². The second-order valence-corrected chi connectivity index (χ2v) is 13.8. The van der Waals surface area contributed by atoms with Crippen molar-refractivity contribution in [2.45, 2.75) is 144 Å². The van der Waals surface area contributed by atoms with Gasteiger partial charge in [-0.05, 0) is 78.1 Å². The molecule has 3 aliphatic heterocycles. The Labute approximate surface area is 230 Å². The predicted molar refractivity (Wildman–Crippen MR) is 145 cm³/mol. The maximum Gasteiger partial charge on any atom is 0.312 e. The molecule has 8 unspecified atom stereocenters. The van der Waals surface area contributed by atoms with Crippen LogP contribution < -0.4 is 0 Å². The lowest BCUT2D eigenvalue weighted by Gasteiger charge is -2.48. The predicted octanol–water partition coefficient (Wildman–Crippen LogP) is 6.25. The number of ether oxygens (including phenoxy) is 4. The molecule has 7 heteroatoms. The molecule has 0 amide bonds. The number of hydrogen-bond donors (Lipinski definition) is 0. The first kappa shape index (κ1) is 30.9. The van der Waals surface area contributed by atoms with Crippen molar-refractivity contribution in [1.29, 1.82) is 0 Å². The Morgan fingerprint density at radius 1 is 1.00 bits per heavy atom. The highest BCUT2D eigenvalue weighted by Gasteiger charge is 2.65. The van der Waals surface area contributed by atoms with Crippen LogP contribution in [-0.4, -0.2) is 47.9 Å². The van der Waals surface area contributed by atoms with E-state index in [-0.39, 0.29) is 47.0 Å². The van der Waals surface area contributed by atoms with E-state index in [0.29, 0.717) is 30.6 Å². The molecule has 0 radical (unpaired) electrons. The van der Waals surface area contributed by atoms with Crippen molar-refractivity contribution < 1.29 is 33.3 Å². The molecule has 4 rings (SSSR count). The third-order valence-corrected chi connectivity index (χ3v) is 9.94. The second-order valence-electron chi connectivity index (χ2n) is 13.8. The van der Waals surface area contributed by atoms with Gasteiger partial charge in [0.2, 0.25) is 0 Å². The van der Waals surface area contributed by atoms with E-state index in [1.807, 2.05) is 34.6 Å². The van der Waals surface area contributed by atoms with E-state index >= 15 is 0 Å². The lowest BCUT2D eigenvalue weighted by atomic mass is 9.65. The van der Waals surface area contributed by atoms with E-state index < -0.39 is 17.6 Å². The van der Waals surface area contributed by atoms with E-state index in [2.05, 4.69) is 34.6 Å². The average Bonchev–Trinajstić information content (AvgIpc) is 3.49. The number of carbonyl (C=O) groups is 3. The van der Waals surface area contributed by atoms with Gasteiger partial charge in [0.15, 0.2) is 12.2 Å². The van der Waals surface area contributed by atoms with Crippen LogP contribution in [0.25, 0.3) is 0 Å². The normalized spacial score (nSPS) is 36.0. The second kappa shape index (κ2) is 11.5. The molecule has 218 valence electrons. The van der Waals surface area contributed by atoms with Crippen molar-refractivity contribution >= 4 is 17.9 Å². The lowest BCUT2D eigenvalue weighted by molar-refractivity contribution is -0.188. The van der Waals surface area contributed by atoms with Gasteiger partial charge in [0.1, 0.15) is 11.7 Å². The summed E-state index contributed by atoms with van der Waals surface area (Å²) in [6.45, 7) is 20.7. The maximum absolute atomic E-state index is 12.6. The number of rotatable bonds is 8. The fourth-order valence-electron chi connectivity index (χ4n) is 6.38. The van der Waals surface area contributed by atoms with Gasteiger partial charge in [-0.15, -0.1) is 0 Å². The third kappa shape index (κ3) is 5.93. The Bertz CT molecular complexity index is 877. The highest BCUT2D eigenvalue weighted by atomic mass is 16.7. The largest absolute Gasteiger partial charge is 0.458 e. The van der Waals surface area contributed by atoms with Gasteiger partial charge in [0, 0.05) is 5.92 Å². The Hall–Kier alpha value is -1.63. The minimum absolute atomic E-state index is 0.0124. The molecular weight excluding hydrogens is 484 g/mol. The summed E-state index contributed by atoms with van der Waals surface area (Å²) in [5.74, 6) is 1.12. The van der Waals surface area contributed by atoms with Crippen molar-refractivity contribution in [3.05, 3.63) is 0 Å². The highest BCUT2D eigenvalue weighted by Crippen LogP contribution is 2.48. The molecule has 7 nitrogen and oxygen atoms in total. The van der Waals surface area contributed by atoms with E-state index in [1.165, 1.54) is 12.8 Å². The van der Waals surface area contributed by atoms with Crippen LogP contribution in [0.1, 0.15) is 114 Å². The SMILES string of the molecule is CCC(C)(C)C(=O)OC1(CC)CC(C)CCC1C(C)C.CCC(C)(C)C(=O)OC1C2CC3C(=O)OC1C3O2. The molecule has 8 atom stereocenters. The number of hydrogen-bond acceptors (Lipinski definition) is 7. The Morgan fingerprint density at radius 2 is 1.61 bits per heavy atom. The molecular formula is C31H52O7. The van der Waals surface area contributed by atoms with Gasteiger partial charge >= 0.3 is 17.9 Å². The maximum atomic E-state index is 12.6. The van der Waals surface area contributed by atoms with E-state index in [4.69, 9.17) is 18.9 Å². The smallest absolute Gasteiger partial charge is 0.312 e. The molecule has 0 N–H and O–H groups in total. The molecule has 0 aromatic rings. The van der Waals surface area contributed by atoms with Gasteiger partial charge in [-0.3, -0.25) is 14.4 Å². The van der Waals surface area contributed by atoms with Gasteiger partial charge in [-0.2, -0.15) is 0 Å². The highest BCUT2D eigenvalue weighted by molar-refractivity contribution is 5.79. The molecule has 3 saturated heterocycles. The van der Waals surface area contributed by atoms with Crippen LogP contribution in [0.3, 0.4) is 0 Å². The zero-order valence-electron chi connectivity index (χ0n) is 25.4. The Kier molecular flexibility index (Phi) is 9.32. The fourth-order valence-corrected chi connectivity index (χ4v) is 6.38. The topological polar surface area (TPSA) is 88.1 Å². The van der Waals surface area contributed by atoms with Crippen molar-refractivity contribution in [1.82, 2.24) is 0 Å². The van der Waals surface area contributed by atoms with Gasteiger partial charge in [-0.1, -0.05) is 48.0 Å². The summed E-state index contributed by atoms with van der Waals surface area (Å²) < 4.78 is 22.7. The zero-order chi connectivity index (χ0) is 28.6. The van der Waals surface area contributed by atoms with Crippen LogP contribution in [-0.2, 0) is 33.3 Å². The minimum Gasteiger partial charge on any atom is -0.458 e. The van der Waals surface area contributed by atoms with Gasteiger partial charge in [-0.25, -0.2) is 0 Å². The summed E-state index contributed by atoms with van der Waals surface area (Å²) in [6.07, 6.45) is 5.38. The van der Waals surface area contributed by atoms with E-state index in [9.17, 15) is 14.4 Å². The molecule has 2 bridgehead atoms. The van der Waals surface area contributed by atoms with Gasteiger partial charge in [0.25, 0.3) is 0 Å². The lowest BCUT2D eigenvalue weighted by Crippen LogP contribution is -2.50. The summed E-state index contributed by atoms with van der Waals surface area (Å²) in [4.78, 5) is 36.2. The quantitative estimate of drug-likeness (QED) is 0.267. The van der Waals surface area contributed by atoms with Crippen molar-refractivity contribution in [2.24, 2.45) is 34.5 Å². The number of fused-ring (bicyclic) bond motifs is 1. The Balaban J connectivity index is 0.000000211. The average molecular weight is 537 g/mol. The summed E-state index contributed by atoms with van der Waals surface area (Å²) in [6, 6.07) is 0. The van der Waals surface area contributed by atoms with Crippen molar-refractivity contribution in [2.75, 3.05) is 0 Å². The third-order valence-electron chi connectivity index (χ3n) is 9.94. The summed E-state index contributed by atoms with van der Waals surface area (Å²) >= 11 is 0. The molecule has 4 fully saturated rings. The van der Waals surface area contributed by atoms with Crippen LogP contribution in [0.2, 0.25) is 0 Å². The number of esters is 3. The van der Waals surface area contributed by atoms with Crippen LogP contribution in [0.5, 0.6) is 0 Å². The summed E-state index contributed by atoms with van der Waals surface area (Å²) in [5.41, 5.74) is -1.12. The standard InChI is InChI=1S/C18H34O2.C13H18O5/c1-8-17(6,7)16(19)20-18(9-2)12-14(5)10-11-15(18)13(3)4;1-4-13(2,3)12(15)18-9-7-5-6-8(16-7)10(9)17-11(6)14/h13-15H,8-12H2,1-7H3;6-10H,4-5H2,1-3H3. The fraction of sp³-hybridized carbons (Fsp3) is 0.903. The van der Waals surface area contributed by atoms with Gasteiger partial charge in [0.05, 0.1) is 22.9 Å². The molecule has 0 spiro atoms. The van der Waals surface area contributed by atoms with Gasteiger partial charge < -0.3 is 18.9 Å². The zero-order valence-corrected chi connectivity index (χ0v) is 25.4. The van der Waals surface area contributed by atoms with Crippen molar-refractivity contribution in [3.63, 3.8) is 0 Å². The molecule has 38 heavy (non-hydrogen) atoms. The molecule has 0 aromatic carbocycles. The van der Waals surface area contributed by atoms with Crippen LogP contribution in [0.4, 0.5) is 0 Å². The molecule has 4 aliphatic rings. The first-order valence-electron chi connectivity index (χ1n) is 14.9. The summed E-state index contributed by atoms with van der Waals surface area (Å²) in [5, 5.41) is 0. The van der Waals surface area contributed by atoms with Crippen molar-refractivity contribution in [3.8, 4) is 0 Å². The molecule has 1 aliphatic carbocycles. The molecule has 1 saturated carbocycles. The molecule has 0 aromatic heterocycles. The first-order chi connectivity index (χ1) is 17.6. The van der Waals surface area contributed by atoms with Crippen LogP contribution in [0, 0.1) is 34.5 Å².